The summed E-state index contributed by atoms with van der Waals surface area (Å²) in [6, 6.07) is 4.86. The molecule has 0 atom stereocenters. The number of hydrogen-bond donors (Lipinski definition) is 0. The first-order valence-corrected chi connectivity index (χ1v) is 6.66. The fourth-order valence-corrected chi connectivity index (χ4v) is 2.34. The zero-order valence-corrected chi connectivity index (χ0v) is 12.8. The van der Waals surface area contributed by atoms with Gasteiger partial charge in [0, 0.05) is 19.5 Å². The highest BCUT2D eigenvalue weighted by atomic mass is 35.5. The van der Waals surface area contributed by atoms with Crippen LogP contribution in [0.2, 0.25) is 10.0 Å². The summed E-state index contributed by atoms with van der Waals surface area (Å²) in [6.07, 6.45) is 0.336. The van der Waals surface area contributed by atoms with Crippen LogP contribution in [0.1, 0.15) is 11.3 Å². The molecule has 4 nitrogen and oxygen atoms in total. The lowest BCUT2D eigenvalue weighted by molar-refractivity contribution is -0.0553. The Morgan fingerprint density at radius 1 is 1.29 bits per heavy atom. The zero-order chi connectivity index (χ0) is 15.6. The van der Waals surface area contributed by atoms with Crippen LogP contribution in [0, 0.1) is 0 Å². The van der Waals surface area contributed by atoms with Crippen LogP contribution < -0.4 is 9.47 Å². The number of nitrogens with zero attached hydrogens (tertiary/aromatic N) is 2. The van der Waals surface area contributed by atoms with Gasteiger partial charge in [-0.25, -0.2) is 4.68 Å². The standard InChI is InChI=1S/C13H12Cl2F2N2O2/c1-19-10(21-13(16)17)6-8(18-19)5-7-3-4-9(20-2)12(15)11(7)14/h3-4,6,13H,5H2,1-2H3. The van der Waals surface area contributed by atoms with E-state index in [1.165, 1.54) is 24.9 Å². The Balaban J connectivity index is 2.24. The minimum atomic E-state index is -2.90. The van der Waals surface area contributed by atoms with Crippen molar-refractivity contribution >= 4 is 23.2 Å². The van der Waals surface area contributed by atoms with Gasteiger partial charge >= 0.3 is 6.61 Å². The van der Waals surface area contributed by atoms with Crippen LogP contribution in [0.5, 0.6) is 11.6 Å². The number of methoxy groups -OCH3 is 1. The Bertz CT molecular complexity index is 647. The average Bonchev–Trinajstić information content (AvgIpc) is 2.75. The topological polar surface area (TPSA) is 36.3 Å². The number of halogens is 4. The normalized spacial score (nSPS) is 11.0. The second kappa shape index (κ2) is 6.49. The van der Waals surface area contributed by atoms with Gasteiger partial charge in [0.05, 0.1) is 17.8 Å². The van der Waals surface area contributed by atoms with E-state index in [2.05, 4.69) is 9.84 Å². The molecule has 2 rings (SSSR count). The van der Waals surface area contributed by atoms with E-state index < -0.39 is 6.61 Å². The molecule has 1 heterocycles. The van der Waals surface area contributed by atoms with Crippen LogP contribution in [-0.2, 0) is 13.5 Å². The van der Waals surface area contributed by atoms with Crippen molar-refractivity contribution in [1.82, 2.24) is 9.78 Å². The van der Waals surface area contributed by atoms with Gasteiger partial charge in [-0.15, -0.1) is 0 Å². The third-order valence-electron chi connectivity index (χ3n) is 2.82. The average molecular weight is 337 g/mol. The predicted octanol–water partition coefficient (Wildman–Crippen LogP) is 3.93. The Kier molecular flexibility index (Phi) is 4.90. The van der Waals surface area contributed by atoms with Crippen molar-refractivity contribution < 1.29 is 18.3 Å². The second-order valence-electron chi connectivity index (χ2n) is 4.21. The van der Waals surface area contributed by atoms with Gasteiger partial charge in [-0.05, 0) is 11.6 Å². The molecular weight excluding hydrogens is 325 g/mol. The van der Waals surface area contributed by atoms with Crippen molar-refractivity contribution in [2.75, 3.05) is 7.11 Å². The van der Waals surface area contributed by atoms with Gasteiger partial charge in [0.15, 0.2) is 0 Å². The predicted molar refractivity (Wildman–Crippen MR) is 75.7 cm³/mol. The van der Waals surface area contributed by atoms with E-state index in [1.54, 1.807) is 12.1 Å². The molecule has 0 saturated heterocycles. The molecule has 1 aromatic carbocycles. The van der Waals surface area contributed by atoms with E-state index >= 15 is 0 Å². The van der Waals surface area contributed by atoms with Crippen LogP contribution >= 0.6 is 23.2 Å². The molecule has 0 N–H and O–H groups in total. The Hall–Kier alpha value is -1.53. The highest BCUT2D eigenvalue weighted by Crippen LogP contribution is 2.35. The number of benzene rings is 1. The summed E-state index contributed by atoms with van der Waals surface area (Å²) in [7, 11) is 3.01. The second-order valence-corrected chi connectivity index (χ2v) is 4.96. The highest BCUT2D eigenvalue weighted by Gasteiger charge is 2.15. The molecular formula is C13H12Cl2F2N2O2. The lowest BCUT2D eigenvalue weighted by Crippen LogP contribution is -2.05. The van der Waals surface area contributed by atoms with E-state index in [4.69, 9.17) is 27.9 Å². The summed E-state index contributed by atoms with van der Waals surface area (Å²) in [4.78, 5) is 0. The molecule has 0 amide bonds. The molecule has 8 heteroatoms. The molecule has 0 radical (unpaired) electrons. The monoisotopic (exact) mass is 336 g/mol. The van der Waals surface area contributed by atoms with Crippen LogP contribution in [0.15, 0.2) is 18.2 Å². The van der Waals surface area contributed by atoms with Crippen LogP contribution in [0.3, 0.4) is 0 Å². The number of alkyl halides is 2. The number of rotatable bonds is 5. The van der Waals surface area contributed by atoms with Crippen LogP contribution in [0.4, 0.5) is 8.78 Å². The molecule has 0 unspecified atom stereocenters. The third kappa shape index (κ3) is 3.57. The quantitative estimate of drug-likeness (QED) is 0.830. The van der Waals surface area contributed by atoms with E-state index in [-0.39, 0.29) is 5.88 Å². The number of ether oxygens (including phenoxy) is 2. The molecule has 114 valence electrons. The van der Waals surface area contributed by atoms with Gasteiger partial charge in [0.2, 0.25) is 5.88 Å². The minimum absolute atomic E-state index is 0.0178. The first-order chi connectivity index (χ1) is 9.92. The smallest absolute Gasteiger partial charge is 0.388 e. The van der Waals surface area contributed by atoms with Gasteiger partial charge in [0.25, 0.3) is 0 Å². The van der Waals surface area contributed by atoms with Crippen molar-refractivity contribution in [1.29, 1.82) is 0 Å². The first-order valence-electron chi connectivity index (χ1n) is 5.91. The van der Waals surface area contributed by atoms with E-state index in [9.17, 15) is 8.78 Å². The van der Waals surface area contributed by atoms with Gasteiger partial charge < -0.3 is 9.47 Å². The fourth-order valence-electron chi connectivity index (χ4n) is 1.86. The molecule has 21 heavy (non-hydrogen) atoms. The van der Waals surface area contributed by atoms with E-state index in [1.807, 2.05) is 0 Å². The number of aromatic nitrogens is 2. The molecule has 1 aromatic heterocycles. The summed E-state index contributed by atoms with van der Waals surface area (Å²) in [5.74, 6) is 0.448. The maximum atomic E-state index is 12.2. The Morgan fingerprint density at radius 2 is 2.00 bits per heavy atom. The van der Waals surface area contributed by atoms with Crippen molar-refractivity contribution in [3.05, 3.63) is 39.5 Å². The molecule has 0 aliphatic rings. The van der Waals surface area contributed by atoms with E-state index in [0.717, 1.165) is 0 Å². The zero-order valence-electron chi connectivity index (χ0n) is 11.2. The van der Waals surface area contributed by atoms with Gasteiger partial charge in [-0.3, -0.25) is 0 Å². The first kappa shape index (κ1) is 15.9. The van der Waals surface area contributed by atoms with Gasteiger partial charge in [-0.2, -0.15) is 13.9 Å². The van der Waals surface area contributed by atoms with Crippen molar-refractivity contribution in [2.45, 2.75) is 13.0 Å². The van der Waals surface area contributed by atoms with Crippen LogP contribution in [-0.4, -0.2) is 23.5 Å². The van der Waals surface area contributed by atoms with Crippen molar-refractivity contribution in [3.63, 3.8) is 0 Å². The minimum Gasteiger partial charge on any atom is -0.495 e. The van der Waals surface area contributed by atoms with Crippen LogP contribution in [0.25, 0.3) is 0 Å². The maximum Gasteiger partial charge on any atom is 0.388 e. The largest absolute Gasteiger partial charge is 0.495 e. The number of hydrogen-bond acceptors (Lipinski definition) is 3. The maximum absolute atomic E-state index is 12.2. The molecule has 0 spiro atoms. The molecule has 2 aromatic rings. The molecule has 0 fully saturated rings. The highest BCUT2D eigenvalue weighted by molar-refractivity contribution is 6.43. The molecule has 0 saturated carbocycles. The summed E-state index contributed by atoms with van der Waals surface area (Å²) in [5, 5.41) is 4.75. The van der Waals surface area contributed by atoms with Crippen molar-refractivity contribution in [2.24, 2.45) is 7.05 Å². The van der Waals surface area contributed by atoms with E-state index in [0.29, 0.717) is 33.5 Å². The number of aryl methyl sites for hydroxylation is 1. The molecule has 0 aliphatic carbocycles. The lowest BCUT2D eigenvalue weighted by Gasteiger charge is -2.08. The fraction of sp³-hybridized carbons (Fsp3) is 0.308. The van der Waals surface area contributed by atoms with Gasteiger partial charge in [0.1, 0.15) is 10.8 Å². The third-order valence-corrected chi connectivity index (χ3v) is 3.72. The summed E-state index contributed by atoms with van der Waals surface area (Å²) in [5.41, 5.74) is 1.25. The SMILES string of the molecule is COc1ccc(Cc2cc(OC(F)F)n(C)n2)c(Cl)c1Cl. The Labute approximate surface area is 130 Å². The lowest BCUT2D eigenvalue weighted by atomic mass is 10.1. The summed E-state index contributed by atoms with van der Waals surface area (Å²) in [6.45, 7) is -2.90. The van der Waals surface area contributed by atoms with Crippen molar-refractivity contribution in [3.8, 4) is 11.6 Å². The summed E-state index contributed by atoms with van der Waals surface area (Å²) < 4.78 is 35.1. The molecule has 0 bridgehead atoms. The molecule has 0 aliphatic heterocycles. The Morgan fingerprint density at radius 3 is 2.62 bits per heavy atom. The summed E-state index contributed by atoms with van der Waals surface area (Å²) >= 11 is 12.2. The van der Waals surface area contributed by atoms with Gasteiger partial charge in [-0.1, -0.05) is 29.3 Å².